The minimum absolute atomic E-state index is 0.203. The van der Waals surface area contributed by atoms with Crippen molar-refractivity contribution >= 4 is 5.97 Å². The minimum Gasteiger partial charge on any atom is -0.481 e. The quantitative estimate of drug-likeness (QED) is 0.636. The third-order valence-corrected chi connectivity index (χ3v) is 2.16. The number of carboxylic acids is 1. The molecule has 0 spiro atoms. The summed E-state index contributed by atoms with van der Waals surface area (Å²) in [6.45, 7) is 4.28. The Hall–Kier alpha value is -1.43. The Kier molecular flexibility index (Phi) is 5.49. The first-order valence-corrected chi connectivity index (χ1v) is 5.53. The standard InChI is InChI=1S/C10H18N4O2/c1-2-6-14-9(12-8-13-14)7-11-5-3-4-10(15)16/h8,11H,2-7H2,1H3,(H,15,16). The topological polar surface area (TPSA) is 80.0 Å². The van der Waals surface area contributed by atoms with E-state index < -0.39 is 5.97 Å². The Balaban J connectivity index is 2.21. The van der Waals surface area contributed by atoms with Gasteiger partial charge in [-0.3, -0.25) is 4.79 Å². The Labute approximate surface area is 94.7 Å². The Morgan fingerprint density at radius 2 is 2.44 bits per heavy atom. The normalized spacial score (nSPS) is 10.6. The van der Waals surface area contributed by atoms with E-state index in [2.05, 4.69) is 22.3 Å². The fourth-order valence-electron chi connectivity index (χ4n) is 1.39. The second-order valence-electron chi connectivity index (χ2n) is 3.57. The summed E-state index contributed by atoms with van der Waals surface area (Å²) in [6, 6.07) is 0. The number of aliphatic carboxylic acids is 1. The average molecular weight is 226 g/mol. The van der Waals surface area contributed by atoms with Crippen molar-refractivity contribution in [1.29, 1.82) is 0 Å². The lowest BCUT2D eigenvalue weighted by Gasteiger charge is -2.05. The highest BCUT2D eigenvalue weighted by Crippen LogP contribution is 1.96. The first-order chi connectivity index (χ1) is 7.74. The van der Waals surface area contributed by atoms with Gasteiger partial charge in [0.05, 0.1) is 6.54 Å². The van der Waals surface area contributed by atoms with E-state index in [0.29, 0.717) is 19.5 Å². The van der Waals surface area contributed by atoms with Crippen molar-refractivity contribution in [2.45, 2.75) is 39.3 Å². The van der Waals surface area contributed by atoms with Crippen LogP contribution in [0.4, 0.5) is 0 Å². The Bertz CT molecular complexity index is 324. The number of aryl methyl sites for hydroxylation is 1. The molecule has 1 aromatic rings. The van der Waals surface area contributed by atoms with E-state index in [1.165, 1.54) is 0 Å². The van der Waals surface area contributed by atoms with Gasteiger partial charge < -0.3 is 10.4 Å². The molecule has 0 atom stereocenters. The van der Waals surface area contributed by atoms with Gasteiger partial charge in [-0.15, -0.1) is 0 Å². The molecule has 0 unspecified atom stereocenters. The maximum absolute atomic E-state index is 10.3. The van der Waals surface area contributed by atoms with E-state index in [-0.39, 0.29) is 6.42 Å². The Morgan fingerprint density at radius 1 is 1.62 bits per heavy atom. The molecule has 1 rings (SSSR count). The van der Waals surface area contributed by atoms with Crippen LogP contribution in [0.3, 0.4) is 0 Å². The van der Waals surface area contributed by atoms with Crippen molar-refractivity contribution in [2.24, 2.45) is 0 Å². The number of nitrogens with one attached hydrogen (secondary N) is 1. The molecule has 0 saturated carbocycles. The van der Waals surface area contributed by atoms with Crippen molar-refractivity contribution in [3.8, 4) is 0 Å². The number of nitrogens with zero attached hydrogens (tertiary/aromatic N) is 3. The SMILES string of the molecule is CCCn1ncnc1CNCCCC(=O)O. The van der Waals surface area contributed by atoms with Gasteiger partial charge in [-0.25, -0.2) is 9.67 Å². The number of hydrogen-bond donors (Lipinski definition) is 2. The zero-order valence-corrected chi connectivity index (χ0v) is 9.52. The summed E-state index contributed by atoms with van der Waals surface area (Å²) in [5.41, 5.74) is 0. The number of rotatable bonds is 8. The molecule has 6 heteroatoms. The second-order valence-corrected chi connectivity index (χ2v) is 3.57. The smallest absolute Gasteiger partial charge is 0.303 e. The van der Waals surface area contributed by atoms with Crippen molar-refractivity contribution in [2.75, 3.05) is 6.54 Å². The van der Waals surface area contributed by atoms with Crippen molar-refractivity contribution < 1.29 is 9.90 Å². The number of carbonyl (C=O) groups is 1. The fraction of sp³-hybridized carbons (Fsp3) is 0.700. The number of carboxylic acid groups (broad SMARTS) is 1. The molecule has 0 radical (unpaired) electrons. The van der Waals surface area contributed by atoms with E-state index in [0.717, 1.165) is 18.8 Å². The molecule has 0 fully saturated rings. The zero-order chi connectivity index (χ0) is 11.8. The zero-order valence-electron chi connectivity index (χ0n) is 9.52. The van der Waals surface area contributed by atoms with Gasteiger partial charge in [-0.2, -0.15) is 5.10 Å². The van der Waals surface area contributed by atoms with Crippen LogP contribution in [0.2, 0.25) is 0 Å². The van der Waals surface area contributed by atoms with Gasteiger partial charge in [0.15, 0.2) is 0 Å². The van der Waals surface area contributed by atoms with Crippen LogP contribution in [0.1, 0.15) is 32.0 Å². The van der Waals surface area contributed by atoms with Gasteiger partial charge in [0, 0.05) is 13.0 Å². The largest absolute Gasteiger partial charge is 0.481 e. The third-order valence-electron chi connectivity index (χ3n) is 2.16. The molecule has 0 aliphatic heterocycles. The lowest BCUT2D eigenvalue weighted by Crippen LogP contribution is -2.19. The van der Waals surface area contributed by atoms with Crippen LogP contribution < -0.4 is 5.32 Å². The van der Waals surface area contributed by atoms with Crippen LogP contribution in [0.5, 0.6) is 0 Å². The molecule has 2 N–H and O–H groups in total. The summed E-state index contributed by atoms with van der Waals surface area (Å²) in [4.78, 5) is 14.4. The average Bonchev–Trinajstić information content (AvgIpc) is 2.65. The van der Waals surface area contributed by atoms with Crippen LogP contribution in [-0.4, -0.2) is 32.4 Å². The molecule has 1 heterocycles. The van der Waals surface area contributed by atoms with E-state index >= 15 is 0 Å². The Morgan fingerprint density at radius 3 is 3.12 bits per heavy atom. The highest BCUT2D eigenvalue weighted by Gasteiger charge is 2.02. The lowest BCUT2D eigenvalue weighted by atomic mass is 10.3. The van der Waals surface area contributed by atoms with Crippen molar-refractivity contribution in [3.63, 3.8) is 0 Å². The van der Waals surface area contributed by atoms with Gasteiger partial charge in [0.25, 0.3) is 0 Å². The highest BCUT2D eigenvalue weighted by molar-refractivity contribution is 5.66. The molecule has 0 aliphatic carbocycles. The molecule has 0 bridgehead atoms. The summed E-state index contributed by atoms with van der Waals surface area (Å²) in [5, 5.41) is 15.7. The summed E-state index contributed by atoms with van der Waals surface area (Å²) >= 11 is 0. The predicted molar refractivity (Wildman–Crippen MR) is 58.9 cm³/mol. The molecule has 0 aliphatic rings. The van der Waals surface area contributed by atoms with Crippen LogP contribution >= 0.6 is 0 Å². The monoisotopic (exact) mass is 226 g/mol. The van der Waals surface area contributed by atoms with Gasteiger partial charge in [-0.05, 0) is 19.4 Å². The summed E-state index contributed by atoms with van der Waals surface area (Å²) in [5.74, 6) is 0.146. The summed E-state index contributed by atoms with van der Waals surface area (Å²) < 4.78 is 1.87. The molecular formula is C10H18N4O2. The molecule has 0 saturated heterocycles. The highest BCUT2D eigenvalue weighted by atomic mass is 16.4. The first-order valence-electron chi connectivity index (χ1n) is 5.53. The molecule has 16 heavy (non-hydrogen) atoms. The lowest BCUT2D eigenvalue weighted by molar-refractivity contribution is -0.137. The molecule has 90 valence electrons. The van der Waals surface area contributed by atoms with Gasteiger partial charge in [0.1, 0.15) is 12.2 Å². The van der Waals surface area contributed by atoms with Crippen molar-refractivity contribution in [3.05, 3.63) is 12.2 Å². The van der Waals surface area contributed by atoms with Gasteiger partial charge >= 0.3 is 5.97 Å². The second kappa shape index (κ2) is 6.95. The minimum atomic E-state index is -0.754. The molecular weight excluding hydrogens is 208 g/mol. The van der Waals surface area contributed by atoms with Crippen LogP contribution in [0, 0.1) is 0 Å². The van der Waals surface area contributed by atoms with Crippen LogP contribution in [-0.2, 0) is 17.9 Å². The van der Waals surface area contributed by atoms with E-state index in [1.807, 2.05) is 4.68 Å². The van der Waals surface area contributed by atoms with Crippen LogP contribution in [0.25, 0.3) is 0 Å². The molecule has 0 amide bonds. The van der Waals surface area contributed by atoms with Gasteiger partial charge in [-0.1, -0.05) is 6.92 Å². The molecule has 0 aromatic carbocycles. The molecule has 6 nitrogen and oxygen atoms in total. The van der Waals surface area contributed by atoms with Crippen molar-refractivity contribution in [1.82, 2.24) is 20.1 Å². The fourth-order valence-corrected chi connectivity index (χ4v) is 1.39. The van der Waals surface area contributed by atoms with E-state index in [9.17, 15) is 4.79 Å². The molecule has 1 aromatic heterocycles. The van der Waals surface area contributed by atoms with E-state index in [4.69, 9.17) is 5.11 Å². The summed E-state index contributed by atoms with van der Waals surface area (Å²) in [6.07, 6.45) is 3.41. The number of hydrogen-bond acceptors (Lipinski definition) is 4. The maximum atomic E-state index is 10.3. The summed E-state index contributed by atoms with van der Waals surface area (Å²) in [7, 11) is 0. The van der Waals surface area contributed by atoms with Crippen LogP contribution in [0.15, 0.2) is 6.33 Å². The van der Waals surface area contributed by atoms with E-state index in [1.54, 1.807) is 6.33 Å². The van der Waals surface area contributed by atoms with Gasteiger partial charge in [0.2, 0.25) is 0 Å². The third kappa shape index (κ3) is 4.39. The first kappa shape index (κ1) is 12.6. The maximum Gasteiger partial charge on any atom is 0.303 e. The number of aromatic nitrogens is 3. The predicted octanol–water partition coefficient (Wildman–Crippen LogP) is 0.642.